The smallest absolute Gasteiger partial charge is 0.272 e. The fourth-order valence-corrected chi connectivity index (χ4v) is 3.25. The standard InChI is InChI=1S/C20H11Cl2NO2/c21-16-10-15-18(11-17(16)22)23(25)19(20(15)24)14-8-6-13(7-9-14)12-4-2-1-3-5-12/h1-11H. The fourth-order valence-electron chi connectivity index (χ4n) is 2.93. The summed E-state index contributed by atoms with van der Waals surface area (Å²) in [5, 5.41) is 13.1. The van der Waals surface area contributed by atoms with Crippen LogP contribution in [0.1, 0.15) is 15.9 Å². The van der Waals surface area contributed by atoms with E-state index in [0.29, 0.717) is 10.3 Å². The number of Topliss-reactive ketones (excluding diaryl/α,β-unsaturated/α-hetero) is 1. The van der Waals surface area contributed by atoms with Gasteiger partial charge in [-0.05, 0) is 29.3 Å². The summed E-state index contributed by atoms with van der Waals surface area (Å²) in [5.41, 5.74) is 3.21. The van der Waals surface area contributed by atoms with E-state index in [4.69, 9.17) is 23.2 Å². The Balaban J connectivity index is 1.76. The van der Waals surface area contributed by atoms with Gasteiger partial charge in [0.25, 0.3) is 11.5 Å². The van der Waals surface area contributed by atoms with Gasteiger partial charge in [-0.2, -0.15) is 4.74 Å². The van der Waals surface area contributed by atoms with Crippen LogP contribution < -0.4 is 0 Å². The molecule has 0 saturated carbocycles. The number of benzene rings is 3. The molecule has 5 heteroatoms. The number of carbonyl (C=O) groups is 1. The molecule has 0 radical (unpaired) electrons. The zero-order valence-corrected chi connectivity index (χ0v) is 14.4. The van der Waals surface area contributed by atoms with Crippen LogP contribution in [-0.2, 0) is 0 Å². The van der Waals surface area contributed by atoms with Crippen molar-refractivity contribution in [1.82, 2.24) is 0 Å². The van der Waals surface area contributed by atoms with E-state index in [1.165, 1.54) is 12.1 Å². The molecule has 0 saturated heterocycles. The summed E-state index contributed by atoms with van der Waals surface area (Å²) >= 11 is 11.9. The van der Waals surface area contributed by atoms with Crippen molar-refractivity contribution in [3.63, 3.8) is 0 Å². The normalized spacial score (nSPS) is 13.3. The van der Waals surface area contributed by atoms with Gasteiger partial charge in [-0.1, -0.05) is 65.7 Å². The molecule has 0 unspecified atom stereocenters. The zero-order chi connectivity index (χ0) is 17.6. The summed E-state index contributed by atoms with van der Waals surface area (Å²) in [6, 6.07) is 20.1. The lowest BCUT2D eigenvalue weighted by Crippen LogP contribution is -2.16. The van der Waals surface area contributed by atoms with Gasteiger partial charge in [0.05, 0.1) is 15.6 Å². The lowest BCUT2D eigenvalue weighted by atomic mass is 9.99. The minimum atomic E-state index is -0.351. The van der Waals surface area contributed by atoms with Crippen LogP contribution >= 0.6 is 23.2 Å². The third-order valence-corrected chi connectivity index (χ3v) is 4.91. The van der Waals surface area contributed by atoms with Crippen molar-refractivity contribution in [2.45, 2.75) is 0 Å². The highest BCUT2D eigenvalue weighted by Gasteiger charge is 2.37. The molecule has 3 aromatic carbocycles. The summed E-state index contributed by atoms with van der Waals surface area (Å²) < 4.78 is 0.622. The highest BCUT2D eigenvalue weighted by atomic mass is 35.5. The highest BCUT2D eigenvalue weighted by Crippen LogP contribution is 2.35. The number of hydrogen-bond acceptors (Lipinski definition) is 2. The van der Waals surface area contributed by atoms with Crippen LogP contribution in [-0.4, -0.2) is 16.2 Å². The van der Waals surface area contributed by atoms with Gasteiger partial charge in [0.1, 0.15) is 5.56 Å². The van der Waals surface area contributed by atoms with Crippen molar-refractivity contribution in [2.75, 3.05) is 0 Å². The molecule has 0 N–H and O–H groups in total. The second kappa shape index (κ2) is 6.03. The van der Waals surface area contributed by atoms with Gasteiger partial charge < -0.3 is 5.21 Å². The van der Waals surface area contributed by atoms with Gasteiger partial charge in [-0.3, -0.25) is 4.79 Å². The van der Waals surface area contributed by atoms with Gasteiger partial charge in [-0.15, -0.1) is 0 Å². The Morgan fingerprint density at radius 2 is 1.32 bits per heavy atom. The maximum Gasteiger partial charge on any atom is 0.272 e. The van der Waals surface area contributed by atoms with Crippen molar-refractivity contribution in [2.24, 2.45) is 0 Å². The second-order valence-electron chi connectivity index (χ2n) is 5.70. The van der Waals surface area contributed by atoms with Crippen molar-refractivity contribution in [3.8, 4) is 11.1 Å². The molecular weight excluding hydrogens is 357 g/mol. The maximum atomic E-state index is 12.6. The molecule has 0 amide bonds. The van der Waals surface area contributed by atoms with Crippen molar-refractivity contribution in [1.29, 1.82) is 0 Å². The van der Waals surface area contributed by atoms with Crippen molar-refractivity contribution < 1.29 is 9.53 Å². The average molecular weight is 368 g/mol. The molecule has 0 aliphatic carbocycles. The van der Waals surface area contributed by atoms with E-state index < -0.39 is 0 Å². The Kier molecular flexibility index (Phi) is 3.83. The molecule has 3 nitrogen and oxygen atoms in total. The number of fused-ring (bicyclic) bond motifs is 1. The molecule has 0 spiro atoms. The first-order valence-corrected chi connectivity index (χ1v) is 8.35. The Morgan fingerprint density at radius 3 is 2.00 bits per heavy atom. The van der Waals surface area contributed by atoms with Crippen LogP contribution in [0.15, 0.2) is 66.7 Å². The van der Waals surface area contributed by atoms with Crippen LogP contribution in [0, 0.1) is 5.21 Å². The summed E-state index contributed by atoms with van der Waals surface area (Å²) in [4.78, 5) is 12.6. The van der Waals surface area contributed by atoms with Gasteiger partial charge >= 0.3 is 0 Å². The first-order valence-electron chi connectivity index (χ1n) is 7.60. The largest absolute Gasteiger partial charge is 0.618 e. The number of hydrogen-bond donors (Lipinski definition) is 0. The van der Waals surface area contributed by atoms with E-state index in [-0.39, 0.29) is 32.8 Å². The molecular formula is C20H11Cl2NO2. The van der Waals surface area contributed by atoms with E-state index in [0.717, 1.165) is 11.1 Å². The lowest BCUT2D eigenvalue weighted by molar-refractivity contribution is -0.355. The Bertz CT molecular complexity index is 1030. The van der Waals surface area contributed by atoms with E-state index in [1.807, 2.05) is 42.5 Å². The monoisotopic (exact) mass is 367 g/mol. The summed E-state index contributed by atoms with van der Waals surface area (Å²) in [5.74, 6) is -0.351. The molecule has 122 valence electrons. The number of carbonyl (C=O) groups excluding carboxylic acids is 1. The lowest BCUT2D eigenvalue weighted by Gasteiger charge is -2.04. The van der Waals surface area contributed by atoms with Crippen LogP contribution in [0.5, 0.6) is 0 Å². The fraction of sp³-hybridized carbons (Fsp3) is 0. The Hall–Kier alpha value is -2.62. The van der Waals surface area contributed by atoms with Crippen LogP contribution in [0.25, 0.3) is 11.1 Å². The molecule has 0 fully saturated rings. The number of ketones is 1. The van der Waals surface area contributed by atoms with Crippen LogP contribution in [0.2, 0.25) is 10.0 Å². The topological polar surface area (TPSA) is 43.1 Å². The number of halogens is 2. The SMILES string of the molecule is O=C1C(c2ccc(-c3ccccc3)cc2)=[N+]([O-])c2cc(Cl)c(Cl)cc21. The molecule has 4 rings (SSSR count). The van der Waals surface area contributed by atoms with Gasteiger partial charge in [0, 0.05) is 6.07 Å². The number of nitrogens with zero attached hydrogens (tertiary/aromatic N) is 1. The molecule has 3 aromatic rings. The Morgan fingerprint density at radius 1 is 0.760 bits per heavy atom. The number of rotatable bonds is 2. The molecule has 0 atom stereocenters. The van der Waals surface area contributed by atoms with E-state index in [1.54, 1.807) is 12.1 Å². The van der Waals surface area contributed by atoms with Crippen LogP contribution in [0.4, 0.5) is 5.69 Å². The van der Waals surface area contributed by atoms with Gasteiger partial charge in [-0.25, -0.2) is 0 Å². The van der Waals surface area contributed by atoms with Crippen LogP contribution in [0.3, 0.4) is 0 Å². The predicted molar refractivity (Wildman–Crippen MR) is 100 cm³/mol. The minimum Gasteiger partial charge on any atom is -0.618 e. The molecule has 1 heterocycles. The first-order chi connectivity index (χ1) is 12.1. The summed E-state index contributed by atoms with van der Waals surface area (Å²) in [7, 11) is 0. The van der Waals surface area contributed by atoms with Crippen molar-refractivity contribution >= 4 is 40.4 Å². The average Bonchev–Trinajstić information content (AvgIpc) is 2.87. The van der Waals surface area contributed by atoms with Crippen molar-refractivity contribution in [3.05, 3.63) is 93.1 Å². The second-order valence-corrected chi connectivity index (χ2v) is 6.51. The maximum absolute atomic E-state index is 12.6. The third kappa shape index (κ3) is 2.62. The predicted octanol–water partition coefficient (Wildman–Crippen LogP) is 5.49. The third-order valence-electron chi connectivity index (χ3n) is 4.19. The summed E-state index contributed by atoms with van der Waals surface area (Å²) in [6.07, 6.45) is 0. The minimum absolute atomic E-state index is 0.0768. The van der Waals surface area contributed by atoms with Gasteiger partial charge in [0.2, 0.25) is 5.69 Å². The molecule has 25 heavy (non-hydrogen) atoms. The van der Waals surface area contributed by atoms with E-state index in [9.17, 15) is 10.0 Å². The highest BCUT2D eigenvalue weighted by molar-refractivity contribution is 6.53. The molecule has 1 aliphatic heterocycles. The molecule has 1 aliphatic rings. The van der Waals surface area contributed by atoms with E-state index >= 15 is 0 Å². The van der Waals surface area contributed by atoms with Gasteiger partial charge in [0.15, 0.2) is 0 Å². The zero-order valence-electron chi connectivity index (χ0n) is 12.9. The van der Waals surface area contributed by atoms with E-state index in [2.05, 4.69) is 0 Å². The first kappa shape index (κ1) is 15.9. The molecule has 0 aromatic heterocycles. The Labute approximate surface area is 154 Å². The molecule has 0 bridgehead atoms. The summed E-state index contributed by atoms with van der Waals surface area (Å²) in [6.45, 7) is 0. The quantitative estimate of drug-likeness (QED) is 0.444.